The highest BCUT2D eigenvalue weighted by Gasteiger charge is 2.35. The minimum Gasteiger partial charge on any atom is -0.508 e. The number of nitrogens with zero attached hydrogens (tertiary/aromatic N) is 1. The van der Waals surface area contributed by atoms with Gasteiger partial charge in [-0.2, -0.15) is 0 Å². The quantitative estimate of drug-likeness (QED) is 0.360. The summed E-state index contributed by atoms with van der Waals surface area (Å²) in [4.78, 5) is 41.8. The smallest absolute Gasteiger partial charge is 0.408 e. The van der Waals surface area contributed by atoms with Gasteiger partial charge in [-0.05, 0) is 82.3 Å². The van der Waals surface area contributed by atoms with Crippen LogP contribution in [-0.4, -0.2) is 52.6 Å². The van der Waals surface area contributed by atoms with Gasteiger partial charge in [-0.25, -0.2) is 4.79 Å². The number of alkyl carbamates (subject to hydrolysis) is 1. The molecule has 0 saturated heterocycles. The van der Waals surface area contributed by atoms with Gasteiger partial charge in [0.25, 0.3) is 0 Å². The molecule has 0 aliphatic heterocycles. The van der Waals surface area contributed by atoms with Gasteiger partial charge < -0.3 is 25.4 Å². The van der Waals surface area contributed by atoms with Crippen LogP contribution in [0.3, 0.4) is 0 Å². The third-order valence-electron chi connectivity index (χ3n) is 6.23. The number of nitrogens with one attached hydrogen (secondary N) is 2. The molecule has 2 rings (SSSR count). The summed E-state index contributed by atoms with van der Waals surface area (Å²) in [6.07, 6.45) is 1.20. The number of aromatic hydroxyl groups is 1. The third kappa shape index (κ3) is 9.08. The predicted molar refractivity (Wildman–Crippen MR) is 149 cm³/mol. The average molecular weight is 526 g/mol. The standard InChI is InChI=1S/C30H43N3O5/c1-8-10-17-31-27(35)26(23-14-11-20(3)21(4)18-23)33(9-2)28(36)25(32-29(37)38-30(5,6)7)19-22-12-15-24(34)16-13-22/h11-16,18,25-26,34H,8-10,17,19H2,1-7H3,(H,31,35)(H,32,37). The Morgan fingerprint density at radius 2 is 1.66 bits per heavy atom. The van der Waals surface area contributed by atoms with Gasteiger partial charge in [-0.15, -0.1) is 0 Å². The van der Waals surface area contributed by atoms with Crippen molar-refractivity contribution in [3.05, 3.63) is 64.7 Å². The van der Waals surface area contributed by atoms with E-state index in [1.165, 1.54) is 17.0 Å². The van der Waals surface area contributed by atoms with Crippen LogP contribution < -0.4 is 10.6 Å². The van der Waals surface area contributed by atoms with Crippen molar-refractivity contribution in [3.8, 4) is 5.75 Å². The molecular weight excluding hydrogens is 482 g/mol. The van der Waals surface area contributed by atoms with E-state index in [4.69, 9.17) is 4.74 Å². The van der Waals surface area contributed by atoms with E-state index in [1.54, 1.807) is 32.9 Å². The number of amides is 3. The summed E-state index contributed by atoms with van der Waals surface area (Å²) in [7, 11) is 0. The van der Waals surface area contributed by atoms with E-state index >= 15 is 0 Å². The fraction of sp³-hybridized carbons (Fsp3) is 0.500. The largest absolute Gasteiger partial charge is 0.508 e. The molecule has 0 bridgehead atoms. The lowest BCUT2D eigenvalue weighted by Gasteiger charge is -2.34. The monoisotopic (exact) mass is 525 g/mol. The molecule has 8 nitrogen and oxygen atoms in total. The Morgan fingerprint density at radius 3 is 2.21 bits per heavy atom. The molecule has 0 aliphatic carbocycles. The summed E-state index contributed by atoms with van der Waals surface area (Å²) in [5, 5.41) is 15.4. The average Bonchev–Trinajstić information content (AvgIpc) is 2.83. The van der Waals surface area contributed by atoms with Gasteiger partial charge in [0.1, 0.15) is 23.4 Å². The number of hydrogen-bond acceptors (Lipinski definition) is 5. The Hall–Kier alpha value is -3.55. The summed E-state index contributed by atoms with van der Waals surface area (Å²) in [5.41, 5.74) is 2.80. The van der Waals surface area contributed by atoms with E-state index in [0.29, 0.717) is 12.1 Å². The van der Waals surface area contributed by atoms with E-state index in [2.05, 4.69) is 10.6 Å². The van der Waals surface area contributed by atoms with Crippen LogP contribution in [-0.2, 0) is 20.7 Å². The third-order valence-corrected chi connectivity index (χ3v) is 6.23. The van der Waals surface area contributed by atoms with Gasteiger partial charge in [0, 0.05) is 19.5 Å². The molecule has 38 heavy (non-hydrogen) atoms. The SMILES string of the molecule is CCCCNC(=O)C(c1ccc(C)c(C)c1)N(CC)C(=O)C(Cc1ccc(O)cc1)NC(=O)OC(C)(C)C. The number of aryl methyl sites for hydroxylation is 2. The second-order valence-electron chi connectivity index (χ2n) is 10.6. The Bertz CT molecular complexity index is 1090. The first-order valence-corrected chi connectivity index (χ1v) is 13.3. The molecule has 2 aromatic rings. The lowest BCUT2D eigenvalue weighted by molar-refractivity contribution is -0.142. The zero-order chi connectivity index (χ0) is 28.5. The maximum absolute atomic E-state index is 14.1. The van der Waals surface area contributed by atoms with Gasteiger partial charge in [-0.1, -0.05) is 43.7 Å². The van der Waals surface area contributed by atoms with Crippen LogP contribution in [0.15, 0.2) is 42.5 Å². The number of benzene rings is 2. The molecule has 0 radical (unpaired) electrons. The predicted octanol–water partition coefficient (Wildman–Crippen LogP) is 4.95. The van der Waals surface area contributed by atoms with Gasteiger partial charge in [0.15, 0.2) is 0 Å². The molecule has 2 unspecified atom stereocenters. The second kappa shape index (κ2) is 13.8. The molecule has 8 heteroatoms. The number of phenolic OH excluding ortho intramolecular Hbond substituents is 1. The molecule has 2 aromatic carbocycles. The molecule has 3 N–H and O–H groups in total. The Balaban J connectivity index is 2.47. The van der Waals surface area contributed by atoms with Crippen LogP contribution in [0.1, 0.15) is 75.8 Å². The van der Waals surface area contributed by atoms with Crippen molar-refractivity contribution in [2.45, 2.75) is 85.4 Å². The number of carbonyl (C=O) groups excluding carboxylic acids is 3. The lowest BCUT2D eigenvalue weighted by atomic mass is 9.97. The first-order chi connectivity index (χ1) is 17.9. The summed E-state index contributed by atoms with van der Waals surface area (Å²) in [5.74, 6) is -0.566. The van der Waals surface area contributed by atoms with Gasteiger partial charge in [0.2, 0.25) is 11.8 Å². The molecular formula is C30H43N3O5. The van der Waals surface area contributed by atoms with Crippen LogP contribution in [0.25, 0.3) is 0 Å². The Morgan fingerprint density at radius 1 is 1.00 bits per heavy atom. The van der Waals surface area contributed by atoms with Crippen molar-refractivity contribution in [2.75, 3.05) is 13.1 Å². The zero-order valence-electron chi connectivity index (χ0n) is 23.8. The number of likely N-dealkylation sites (N-methyl/N-ethyl adjacent to an activating group) is 1. The van der Waals surface area contributed by atoms with Crippen molar-refractivity contribution >= 4 is 17.9 Å². The van der Waals surface area contributed by atoms with E-state index < -0.39 is 29.7 Å². The number of rotatable bonds is 11. The molecule has 2 atom stereocenters. The number of hydrogen-bond donors (Lipinski definition) is 3. The van der Waals surface area contributed by atoms with Gasteiger partial charge in [-0.3, -0.25) is 9.59 Å². The van der Waals surface area contributed by atoms with E-state index in [0.717, 1.165) is 29.5 Å². The van der Waals surface area contributed by atoms with E-state index in [-0.39, 0.29) is 24.6 Å². The maximum Gasteiger partial charge on any atom is 0.408 e. The fourth-order valence-corrected chi connectivity index (χ4v) is 4.08. The van der Waals surface area contributed by atoms with Gasteiger partial charge in [0.05, 0.1) is 0 Å². The maximum atomic E-state index is 14.1. The van der Waals surface area contributed by atoms with Crippen LogP contribution in [0.5, 0.6) is 5.75 Å². The van der Waals surface area contributed by atoms with Crippen LogP contribution in [0.2, 0.25) is 0 Å². The Kier molecular flexibility index (Phi) is 11.2. The highest BCUT2D eigenvalue weighted by Crippen LogP contribution is 2.25. The molecule has 208 valence electrons. The molecule has 0 heterocycles. The van der Waals surface area contributed by atoms with Crippen LogP contribution >= 0.6 is 0 Å². The van der Waals surface area contributed by atoms with Crippen LogP contribution in [0, 0.1) is 13.8 Å². The second-order valence-corrected chi connectivity index (χ2v) is 10.6. The van der Waals surface area contributed by atoms with Crippen molar-refractivity contribution in [2.24, 2.45) is 0 Å². The minimum absolute atomic E-state index is 0.102. The molecule has 3 amide bonds. The molecule has 0 aromatic heterocycles. The highest BCUT2D eigenvalue weighted by molar-refractivity contribution is 5.92. The number of unbranched alkanes of at least 4 members (excludes halogenated alkanes) is 1. The molecule has 0 aliphatic rings. The summed E-state index contributed by atoms with van der Waals surface area (Å²) < 4.78 is 5.44. The van der Waals surface area contributed by atoms with E-state index in [1.807, 2.05) is 45.9 Å². The van der Waals surface area contributed by atoms with Crippen LogP contribution in [0.4, 0.5) is 4.79 Å². The zero-order valence-corrected chi connectivity index (χ0v) is 23.8. The van der Waals surface area contributed by atoms with Gasteiger partial charge >= 0.3 is 6.09 Å². The summed E-state index contributed by atoms with van der Waals surface area (Å²) >= 11 is 0. The summed E-state index contributed by atoms with van der Waals surface area (Å²) in [6, 6.07) is 10.3. The molecule has 0 spiro atoms. The number of carbonyl (C=O) groups is 3. The lowest BCUT2D eigenvalue weighted by Crippen LogP contribution is -2.53. The number of phenols is 1. The fourth-order valence-electron chi connectivity index (χ4n) is 4.08. The van der Waals surface area contributed by atoms with Crippen molar-refractivity contribution < 1.29 is 24.2 Å². The van der Waals surface area contributed by atoms with Crippen molar-refractivity contribution in [1.29, 1.82) is 0 Å². The van der Waals surface area contributed by atoms with Crippen molar-refractivity contribution in [1.82, 2.24) is 15.5 Å². The number of ether oxygens (including phenoxy) is 1. The molecule has 0 fully saturated rings. The topological polar surface area (TPSA) is 108 Å². The summed E-state index contributed by atoms with van der Waals surface area (Å²) in [6.45, 7) is 13.8. The minimum atomic E-state index is -0.994. The molecule has 0 saturated carbocycles. The normalized spacial score (nSPS) is 12.8. The highest BCUT2D eigenvalue weighted by atomic mass is 16.6. The Labute approximate surface area is 226 Å². The van der Waals surface area contributed by atoms with E-state index in [9.17, 15) is 19.5 Å². The van der Waals surface area contributed by atoms with Crippen molar-refractivity contribution in [3.63, 3.8) is 0 Å². The first kappa shape index (κ1) is 30.7. The first-order valence-electron chi connectivity index (χ1n) is 13.3.